The Labute approximate surface area is 128 Å². The first kappa shape index (κ1) is 14.9. The minimum absolute atomic E-state index is 0.140. The van der Waals surface area contributed by atoms with Crippen molar-refractivity contribution in [2.45, 2.75) is 6.43 Å². The molecule has 0 fully saturated rings. The van der Waals surface area contributed by atoms with Gasteiger partial charge in [-0.2, -0.15) is 0 Å². The highest BCUT2D eigenvalue weighted by atomic mass is 35.5. The quantitative estimate of drug-likeness (QED) is 0.521. The van der Waals surface area contributed by atoms with Gasteiger partial charge in [0.15, 0.2) is 0 Å². The number of hydrogen-bond donors (Lipinski definition) is 0. The van der Waals surface area contributed by atoms with Gasteiger partial charge >= 0.3 is 0 Å². The van der Waals surface area contributed by atoms with E-state index in [1.54, 1.807) is 0 Å². The van der Waals surface area contributed by atoms with Crippen LogP contribution in [-0.4, -0.2) is 0 Å². The summed E-state index contributed by atoms with van der Waals surface area (Å²) in [4.78, 5) is 0. The van der Waals surface area contributed by atoms with Crippen LogP contribution >= 0.6 is 46.4 Å². The lowest BCUT2D eigenvalue weighted by Gasteiger charge is -2.11. The maximum absolute atomic E-state index is 13.0. The molecule has 100 valence electrons. The Kier molecular flexibility index (Phi) is 4.57. The van der Waals surface area contributed by atoms with Gasteiger partial charge < -0.3 is 0 Å². The summed E-state index contributed by atoms with van der Waals surface area (Å²) >= 11 is 23.5. The van der Waals surface area contributed by atoms with Crippen LogP contribution in [0.5, 0.6) is 0 Å². The van der Waals surface area contributed by atoms with Crippen LogP contribution in [0.1, 0.15) is 12.0 Å². The third-order valence-corrected chi connectivity index (χ3v) is 3.98. The molecular weight excluding hydrogens is 336 g/mol. The molecule has 0 aliphatic rings. The van der Waals surface area contributed by atoms with E-state index in [0.717, 1.165) is 0 Å². The SMILES string of the molecule is FC(F)c1ccc(Cl)cc1-c1cc(Cl)c(Cl)c(Cl)c1. The number of benzene rings is 2. The van der Waals surface area contributed by atoms with Crippen LogP contribution in [0.2, 0.25) is 20.1 Å². The first-order valence-corrected chi connectivity index (χ1v) is 6.64. The molecule has 0 saturated heterocycles. The largest absolute Gasteiger partial charge is 0.264 e. The molecule has 0 N–H and O–H groups in total. The van der Waals surface area contributed by atoms with Gasteiger partial charge in [0.2, 0.25) is 0 Å². The predicted molar refractivity (Wildman–Crippen MR) is 76.9 cm³/mol. The smallest absolute Gasteiger partial charge is 0.205 e. The molecule has 0 bridgehead atoms. The maximum Gasteiger partial charge on any atom is 0.264 e. The van der Waals surface area contributed by atoms with Crippen LogP contribution in [0, 0.1) is 0 Å². The average molecular weight is 342 g/mol. The van der Waals surface area contributed by atoms with Crippen LogP contribution in [0.25, 0.3) is 11.1 Å². The highest BCUT2D eigenvalue weighted by molar-refractivity contribution is 6.48. The molecule has 2 aromatic carbocycles. The summed E-state index contributed by atoms with van der Waals surface area (Å²) in [6.45, 7) is 0. The van der Waals surface area contributed by atoms with Crippen LogP contribution < -0.4 is 0 Å². The Morgan fingerprint density at radius 1 is 0.842 bits per heavy atom. The van der Waals surface area contributed by atoms with Crippen LogP contribution in [0.15, 0.2) is 30.3 Å². The highest BCUT2D eigenvalue weighted by Gasteiger charge is 2.16. The Hall–Kier alpha value is -0.540. The zero-order valence-electron chi connectivity index (χ0n) is 9.23. The van der Waals surface area contributed by atoms with E-state index in [0.29, 0.717) is 10.6 Å². The monoisotopic (exact) mass is 340 g/mol. The zero-order chi connectivity index (χ0) is 14.2. The van der Waals surface area contributed by atoms with Gasteiger partial charge in [0.05, 0.1) is 15.1 Å². The van der Waals surface area contributed by atoms with Gasteiger partial charge in [0.1, 0.15) is 0 Å². The molecule has 2 aromatic rings. The second kappa shape index (κ2) is 5.84. The Morgan fingerprint density at radius 3 is 1.95 bits per heavy atom. The van der Waals surface area contributed by atoms with Gasteiger partial charge in [-0.15, -0.1) is 0 Å². The number of halogens is 6. The molecule has 0 aliphatic heterocycles. The fourth-order valence-corrected chi connectivity index (χ4v) is 2.45. The first-order chi connectivity index (χ1) is 8.90. The predicted octanol–water partition coefficient (Wildman–Crippen LogP) is 6.90. The van der Waals surface area contributed by atoms with Gasteiger partial charge in [-0.05, 0) is 35.4 Å². The van der Waals surface area contributed by atoms with Crippen molar-refractivity contribution in [1.82, 2.24) is 0 Å². The molecule has 0 saturated carbocycles. The van der Waals surface area contributed by atoms with Crippen LogP contribution in [0.4, 0.5) is 8.78 Å². The fourth-order valence-electron chi connectivity index (χ4n) is 1.68. The first-order valence-electron chi connectivity index (χ1n) is 5.12. The minimum Gasteiger partial charge on any atom is -0.205 e. The summed E-state index contributed by atoms with van der Waals surface area (Å²) in [6.07, 6.45) is -2.62. The fraction of sp³-hybridized carbons (Fsp3) is 0.0769. The third kappa shape index (κ3) is 3.14. The van der Waals surface area contributed by atoms with Gasteiger partial charge in [-0.3, -0.25) is 0 Å². The lowest BCUT2D eigenvalue weighted by atomic mass is 10.00. The molecule has 0 aliphatic carbocycles. The molecule has 0 atom stereocenters. The molecule has 0 unspecified atom stereocenters. The normalized spacial score (nSPS) is 11.1. The second-order valence-electron chi connectivity index (χ2n) is 3.79. The Bertz CT molecular complexity index is 603. The van der Waals surface area contributed by atoms with Crippen molar-refractivity contribution in [3.05, 3.63) is 56.0 Å². The van der Waals surface area contributed by atoms with Crippen molar-refractivity contribution < 1.29 is 8.78 Å². The summed E-state index contributed by atoms with van der Waals surface area (Å²) in [5.41, 5.74) is 0.582. The zero-order valence-corrected chi connectivity index (χ0v) is 12.3. The van der Waals surface area contributed by atoms with E-state index in [4.69, 9.17) is 46.4 Å². The van der Waals surface area contributed by atoms with E-state index >= 15 is 0 Å². The molecule has 0 spiro atoms. The molecule has 19 heavy (non-hydrogen) atoms. The lowest BCUT2D eigenvalue weighted by Crippen LogP contribution is -1.91. The standard InChI is InChI=1S/C13H6Cl4F2/c14-7-1-2-8(13(18)19)9(5-7)6-3-10(15)12(17)11(16)4-6/h1-5,13H. The molecule has 0 heterocycles. The number of hydrogen-bond acceptors (Lipinski definition) is 0. The lowest BCUT2D eigenvalue weighted by molar-refractivity contribution is 0.152. The average Bonchev–Trinajstić information content (AvgIpc) is 2.34. The third-order valence-electron chi connectivity index (χ3n) is 2.55. The Morgan fingerprint density at radius 2 is 1.42 bits per heavy atom. The number of rotatable bonds is 2. The van der Waals surface area contributed by atoms with E-state index in [9.17, 15) is 8.78 Å². The van der Waals surface area contributed by atoms with E-state index in [1.165, 1.54) is 30.3 Å². The Balaban J connectivity index is 2.67. The van der Waals surface area contributed by atoms with Gasteiger partial charge in [-0.1, -0.05) is 52.5 Å². The van der Waals surface area contributed by atoms with Crippen molar-refractivity contribution in [3.8, 4) is 11.1 Å². The molecule has 0 aromatic heterocycles. The minimum atomic E-state index is -2.62. The van der Waals surface area contributed by atoms with E-state index in [-0.39, 0.29) is 26.2 Å². The summed E-state index contributed by atoms with van der Waals surface area (Å²) in [6, 6.07) is 7.09. The van der Waals surface area contributed by atoms with Gasteiger partial charge in [-0.25, -0.2) is 8.78 Å². The molecule has 0 radical (unpaired) electrons. The summed E-state index contributed by atoms with van der Waals surface area (Å²) < 4.78 is 26.0. The van der Waals surface area contributed by atoms with Crippen LogP contribution in [-0.2, 0) is 0 Å². The summed E-state index contributed by atoms with van der Waals surface area (Å²) in [7, 11) is 0. The van der Waals surface area contributed by atoms with Crippen molar-refractivity contribution in [2.75, 3.05) is 0 Å². The number of alkyl halides is 2. The summed E-state index contributed by atoms with van der Waals surface area (Å²) in [5.74, 6) is 0. The van der Waals surface area contributed by atoms with E-state index in [2.05, 4.69) is 0 Å². The second-order valence-corrected chi connectivity index (χ2v) is 5.41. The molecule has 0 nitrogen and oxygen atoms in total. The molecule has 0 amide bonds. The van der Waals surface area contributed by atoms with Gasteiger partial charge in [0.25, 0.3) is 6.43 Å². The van der Waals surface area contributed by atoms with Crippen LogP contribution in [0.3, 0.4) is 0 Å². The van der Waals surface area contributed by atoms with E-state index < -0.39 is 6.43 Å². The highest BCUT2D eigenvalue weighted by Crippen LogP contribution is 2.39. The van der Waals surface area contributed by atoms with Gasteiger partial charge in [0, 0.05) is 10.6 Å². The van der Waals surface area contributed by atoms with Crippen molar-refractivity contribution >= 4 is 46.4 Å². The van der Waals surface area contributed by atoms with Crippen molar-refractivity contribution in [1.29, 1.82) is 0 Å². The van der Waals surface area contributed by atoms with Crippen molar-refractivity contribution in [2.24, 2.45) is 0 Å². The van der Waals surface area contributed by atoms with Crippen molar-refractivity contribution in [3.63, 3.8) is 0 Å². The molecule has 6 heteroatoms. The topological polar surface area (TPSA) is 0 Å². The summed E-state index contributed by atoms with van der Waals surface area (Å²) in [5, 5.41) is 0.933. The molecule has 2 rings (SSSR count). The maximum atomic E-state index is 13.0. The van der Waals surface area contributed by atoms with E-state index in [1.807, 2.05) is 0 Å². The molecular formula is C13H6Cl4F2.